The molecular formula is C20H25F2N3O2. The molecule has 0 radical (unpaired) electrons. The number of amides is 1. The Balaban J connectivity index is 2.14. The van der Waals surface area contributed by atoms with Gasteiger partial charge in [-0.3, -0.25) is 9.69 Å². The number of aromatic amines is 1. The Morgan fingerprint density at radius 1 is 1.37 bits per heavy atom. The van der Waals surface area contributed by atoms with Gasteiger partial charge in [0.2, 0.25) is 5.91 Å². The Morgan fingerprint density at radius 2 is 2.07 bits per heavy atom. The molecule has 2 heterocycles. The molecule has 0 aliphatic carbocycles. The number of fused-ring (bicyclic) bond motifs is 1. The van der Waals surface area contributed by atoms with Crippen molar-refractivity contribution in [3.63, 3.8) is 0 Å². The third-order valence-electron chi connectivity index (χ3n) is 5.37. The number of halogens is 2. The molecule has 0 spiro atoms. The van der Waals surface area contributed by atoms with Crippen molar-refractivity contribution in [1.29, 1.82) is 0 Å². The second-order valence-electron chi connectivity index (χ2n) is 6.86. The van der Waals surface area contributed by atoms with Crippen LogP contribution in [0.4, 0.5) is 8.78 Å². The lowest BCUT2D eigenvalue weighted by atomic mass is 9.87. The normalized spacial score (nSPS) is 20.7. The average Bonchev–Trinajstić information content (AvgIpc) is 3.15. The van der Waals surface area contributed by atoms with Crippen LogP contribution in [0, 0.1) is 17.6 Å². The first-order valence-corrected chi connectivity index (χ1v) is 9.19. The molecule has 1 unspecified atom stereocenters. The van der Waals surface area contributed by atoms with Crippen molar-refractivity contribution in [2.45, 2.75) is 19.9 Å². The van der Waals surface area contributed by atoms with Gasteiger partial charge in [0, 0.05) is 36.8 Å². The maximum Gasteiger partial charge on any atom is 0.230 e. The van der Waals surface area contributed by atoms with Crippen molar-refractivity contribution in [1.82, 2.24) is 14.8 Å². The van der Waals surface area contributed by atoms with E-state index in [-0.39, 0.29) is 17.9 Å². The molecular weight excluding hydrogens is 352 g/mol. The van der Waals surface area contributed by atoms with Gasteiger partial charge in [0.25, 0.3) is 0 Å². The van der Waals surface area contributed by atoms with Crippen molar-refractivity contribution in [2.24, 2.45) is 5.92 Å². The summed E-state index contributed by atoms with van der Waals surface area (Å²) in [5, 5.41) is 10.1. The van der Waals surface area contributed by atoms with E-state index in [1.807, 2.05) is 25.8 Å². The molecule has 2 aromatic rings. The van der Waals surface area contributed by atoms with Crippen LogP contribution in [-0.4, -0.2) is 65.1 Å². The zero-order valence-electron chi connectivity index (χ0n) is 15.8. The maximum absolute atomic E-state index is 14.2. The third-order valence-corrected chi connectivity index (χ3v) is 5.37. The van der Waals surface area contributed by atoms with E-state index in [2.05, 4.69) is 4.98 Å². The molecule has 0 bridgehead atoms. The fourth-order valence-electron chi connectivity index (χ4n) is 3.88. The summed E-state index contributed by atoms with van der Waals surface area (Å²) in [7, 11) is 1.82. The monoisotopic (exact) mass is 377 g/mol. The number of carbonyl (C=O) groups excluding carboxylic acids is 1. The molecule has 2 atom stereocenters. The highest BCUT2D eigenvalue weighted by Crippen LogP contribution is 2.35. The molecule has 27 heavy (non-hydrogen) atoms. The second kappa shape index (κ2) is 7.78. The molecule has 146 valence electrons. The van der Waals surface area contributed by atoms with Crippen molar-refractivity contribution >= 4 is 22.4 Å². The Morgan fingerprint density at radius 3 is 2.70 bits per heavy atom. The van der Waals surface area contributed by atoms with Crippen LogP contribution in [0.2, 0.25) is 0 Å². The van der Waals surface area contributed by atoms with Crippen LogP contribution in [0.5, 0.6) is 0 Å². The predicted octanol–water partition coefficient (Wildman–Crippen LogP) is 2.62. The highest BCUT2D eigenvalue weighted by molar-refractivity contribution is 5.94. The number of hydrogen-bond acceptors (Lipinski definition) is 3. The van der Waals surface area contributed by atoms with E-state index in [9.17, 15) is 18.7 Å². The first-order chi connectivity index (χ1) is 12.9. The number of aromatic nitrogens is 1. The summed E-state index contributed by atoms with van der Waals surface area (Å²) in [5.74, 6) is -2.28. The number of rotatable bonds is 5. The minimum absolute atomic E-state index is 0.00828. The lowest BCUT2D eigenvalue weighted by Gasteiger charge is -2.37. The smallest absolute Gasteiger partial charge is 0.230 e. The Hall–Kier alpha value is -2.25. The van der Waals surface area contributed by atoms with Crippen LogP contribution in [0.25, 0.3) is 16.5 Å². The molecule has 7 heteroatoms. The van der Waals surface area contributed by atoms with E-state index in [0.29, 0.717) is 36.3 Å². The minimum atomic E-state index is -0.950. The van der Waals surface area contributed by atoms with E-state index < -0.39 is 23.6 Å². The molecule has 1 aromatic heterocycles. The number of aliphatic hydroxyl groups excluding tert-OH is 1. The number of likely N-dealkylation sites (N-methyl/N-ethyl adjacent to an activating group) is 1. The molecule has 1 amide bonds. The molecule has 2 N–H and O–H groups in total. The first kappa shape index (κ1) is 19.5. The van der Waals surface area contributed by atoms with E-state index >= 15 is 0 Å². The van der Waals surface area contributed by atoms with Gasteiger partial charge in [-0.15, -0.1) is 0 Å². The average molecular weight is 377 g/mol. The minimum Gasteiger partial charge on any atom is -0.394 e. The quantitative estimate of drug-likeness (QED) is 0.842. The number of carbonyl (C=O) groups is 1. The summed E-state index contributed by atoms with van der Waals surface area (Å²) in [4.78, 5) is 19.5. The molecule has 1 aliphatic rings. The van der Waals surface area contributed by atoms with Gasteiger partial charge in [0.15, 0.2) is 11.6 Å². The van der Waals surface area contributed by atoms with Crippen LogP contribution in [0.3, 0.4) is 0 Å². The number of nitrogens with zero attached hydrogens (tertiary/aromatic N) is 2. The SMILES string of the molecule is CCN(CC)C(=O)C1C=C(c2cc(F)c(F)c3cc[nH]c23)[C@@H](CO)N(C)C1. The van der Waals surface area contributed by atoms with Gasteiger partial charge >= 0.3 is 0 Å². The summed E-state index contributed by atoms with van der Waals surface area (Å²) >= 11 is 0. The van der Waals surface area contributed by atoms with Gasteiger partial charge in [-0.05, 0) is 38.6 Å². The van der Waals surface area contributed by atoms with Crippen molar-refractivity contribution in [3.8, 4) is 0 Å². The Labute approximate surface area is 157 Å². The molecule has 0 saturated heterocycles. The van der Waals surface area contributed by atoms with Crippen LogP contribution < -0.4 is 0 Å². The van der Waals surface area contributed by atoms with Gasteiger partial charge in [-0.25, -0.2) is 8.78 Å². The summed E-state index contributed by atoms with van der Waals surface area (Å²) in [6.07, 6.45) is 3.35. The number of benzene rings is 1. The number of nitrogens with one attached hydrogen (secondary N) is 1. The van der Waals surface area contributed by atoms with Crippen LogP contribution in [0.1, 0.15) is 19.4 Å². The van der Waals surface area contributed by atoms with E-state index in [1.165, 1.54) is 6.07 Å². The van der Waals surface area contributed by atoms with E-state index in [4.69, 9.17) is 0 Å². The Bertz CT molecular complexity index is 873. The number of hydrogen-bond donors (Lipinski definition) is 2. The van der Waals surface area contributed by atoms with Crippen molar-refractivity contribution in [3.05, 3.63) is 41.6 Å². The van der Waals surface area contributed by atoms with Gasteiger partial charge in [-0.2, -0.15) is 0 Å². The van der Waals surface area contributed by atoms with Crippen LogP contribution in [-0.2, 0) is 4.79 Å². The van der Waals surface area contributed by atoms with Crippen molar-refractivity contribution in [2.75, 3.05) is 33.3 Å². The highest BCUT2D eigenvalue weighted by atomic mass is 19.2. The van der Waals surface area contributed by atoms with Gasteiger partial charge < -0.3 is 15.0 Å². The first-order valence-electron chi connectivity index (χ1n) is 9.19. The van der Waals surface area contributed by atoms with Gasteiger partial charge in [0.05, 0.1) is 24.1 Å². The van der Waals surface area contributed by atoms with E-state index in [1.54, 1.807) is 17.2 Å². The lowest BCUT2D eigenvalue weighted by Crippen LogP contribution is -2.47. The van der Waals surface area contributed by atoms with Crippen LogP contribution >= 0.6 is 0 Å². The lowest BCUT2D eigenvalue weighted by molar-refractivity contribution is -0.134. The molecule has 0 saturated carbocycles. The van der Waals surface area contributed by atoms with Crippen molar-refractivity contribution < 1.29 is 18.7 Å². The highest BCUT2D eigenvalue weighted by Gasteiger charge is 2.34. The second-order valence-corrected chi connectivity index (χ2v) is 6.86. The number of H-pyrrole nitrogens is 1. The molecule has 1 aromatic carbocycles. The summed E-state index contributed by atoms with van der Waals surface area (Å²) in [6, 6.07) is 2.22. The summed E-state index contributed by atoms with van der Waals surface area (Å²) in [5.41, 5.74) is 1.56. The molecule has 5 nitrogen and oxygen atoms in total. The van der Waals surface area contributed by atoms with Gasteiger partial charge in [0.1, 0.15) is 0 Å². The molecule has 1 aliphatic heterocycles. The third kappa shape index (κ3) is 3.37. The zero-order chi connectivity index (χ0) is 19.7. The number of aliphatic hydroxyl groups is 1. The predicted molar refractivity (Wildman–Crippen MR) is 101 cm³/mol. The van der Waals surface area contributed by atoms with Crippen LogP contribution in [0.15, 0.2) is 24.4 Å². The fourth-order valence-corrected chi connectivity index (χ4v) is 3.88. The van der Waals surface area contributed by atoms with Gasteiger partial charge in [-0.1, -0.05) is 6.08 Å². The summed E-state index contributed by atoms with van der Waals surface area (Å²) in [6.45, 7) is 5.33. The Kier molecular flexibility index (Phi) is 5.62. The largest absolute Gasteiger partial charge is 0.394 e. The van der Waals surface area contributed by atoms with E-state index in [0.717, 1.165) is 6.07 Å². The molecule has 0 fully saturated rings. The zero-order valence-corrected chi connectivity index (χ0v) is 15.8. The molecule has 3 rings (SSSR count). The maximum atomic E-state index is 14.2. The topological polar surface area (TPSA) is 59.6 Å². The summed E-state index contributed by atoms with van der Waals surface area (Å²) < 4.78 is 28.3. The standard InChI is InChI=1S/C20H25F2N3O2/c1-4-25(5-2)20(27)12-8-14(17(11-26)24(3)10-12)15-9-16(21)18(22)13-6-7-23-19(13)15/h6-9,12,17,23,26H,4-5,10-11H2,1-3H3/t12?,17-/m1/s1. The fraction of sp³-hybridized carbons (Fsp3) is 0.450.